The Balaban J connectivity index is 1.19. The van der Waals surface area contributed by atoms with Crippen molar-refractivity contribution >= 4 is 26.0 Å². The molecule has 0 aromatic heterocycles. The van der Waals surface area contributed by atoms with Crippen LogP contribution in [0.15, 0.2) is 58.3 Å². The van der Waals surface area contributed by atoms with E-state index in [0.29, 0.717) is 37.4 Å². The van der Waals surface area contributed by atoms with Gasteiger partial charge in [0.2, 0.25) is 26.0 Å². The molecule has 10 nitrogen and oxygen atoms in total. The molecular formula is C25H33N3O7S2. The van der Waals surface area contributed by atoms with Gasteiger partial charge in [0.15, 0.2) is 0 Å². The van der Waals surface area contributed by atoms with Crippen molar-refractivity contribution in [3.63, 3.8) is 0 Å². The number of benzene rings is 2. The molecule has 2 heterocycles. The van der Waals surface area contributed by atoms with E-state index in [-0.39, 0.29) is 47.9 Å². The first-order chi connectivity index (χ1) is 17.7. The van der Waals surface area contributed by atoms with E-state index in [1.54, 1.807) is 24.3 Å². The summed E-state index contributed by atoms with van der Waals surface area (Å²) in [6.45, 7) is 2.17. The lowest BCUT2D eigenvalue weighted by atomic mass is 9.97. The number of sulfonamides is 2. The monoisotopic (exact) mass is 551 g/mol. The fourth-order valence-corrected chi connectivity index (χ4v) is 7.51. The summed E-state index contributed by atoms with van der Waals surface area (Å²) in [5.41, 5.74) is 0. The first-order valence-corrected chi connectivity index (χ1v) is 15.2. The van der Waals surface area contributed by atoms with Crippen molar-refractivity contribution in [2.24, 2.45) is 5.92 Å². The van der Waals surface area contributed by atoms with E-state index in [1.807, 2.05) is 0 Å². The number of ether oxygens (including phenoxy) is 2. The normalized spacial score (nSPS) is 18.0. The highest BCUT2D eigenvalue weighted by Crippen LogP contribution is 2.26. The first kappa shape index (κ1) is 27.4. The van der Waals surface area contributed by atoms with E-state index in [9.17, 15) is 21.6 Å². The molecule has 2 aliphatic heterocycles. The third kappa shape index (κ3) is 6.43. The zero-order valence-corrected chi connectivity index (χ0v) is 22.5. The fourth-order valence-electron chi connectivity index (χ4n) is 4.53. The van der Waals surface area contributed by atoms with Crippen LogP contribution in [-0.4, -0.2) is 77.8 Å². The molecule has 2 aromatic carbocycles. The summed E-state index contributed by atoms with van der Waals surface area (Å²) in [5.74, 6) is 0.710. The zero-order chi connectivity index (χ0) is 26.5. The molecule has 2 saturated heterocycles. The van der Waals surface area contributed by atoms with Crippen LogP contribution >= 0.6 is 0 Å². The summed E-state index contributed by atoms with van der Waals surface area (Å²) in [5, 5.41) is 2.84. The Morgan fingerprint density at radius 3 is 1.81 bits per heavy atom. The van der Waals surface area contributed by atoms with E-state index in [1.165, 1.54) is 40.0 Å². The number of piperidine rings is 1. The highest BCUT2D eigenvalue weighted by atomic mass is 32.2. The number of rotatable bonds is 10. The van der Waals surface area contributed by atoms with Crippen LogP contribution in [0, 0.1) is 5.92 Å². The van der Waals surface area contributed by atoms with Crippen LogP contribution in [-0.2, 0) is 24.8 Å². The maximum absolute atomic E-state index is 12.9. The lowest BCUT2D eigenvalue weighted by molar-refractivity contribution is -0.126. The molecule has 12 heteroatoms. The summed E-state index contributed by atoms with van der Waals surface area (Å²) < 4.78 is 64.6. The van der Waals surface area contributed by atoms with E-state index >= 15 is 0 Å². The van der Waals surface area contributed by atoms with Crippen molar-refractivity contribution in [3.05, 3.63) is 48.5 Å². The molecule has 0 aliphatic carbocycles. The quantitative estimate of drug-likeness (QED) is 0.449. The second-order valence-corrected chi connectivity index (χ2v) is 13.0. The molecule has 0 atom stereocenters. The molecule has 2 fully saturated rings. The minimum absolute atomic E-state index is 0.128. The van der Waals surface area contributed by atoms with E-state index in [0.717, 1.165) is 12.8 Å². The number of nitrogens with one attached hydrogen (secondary N) is 1. The summed E-state index contributed by atoms with van der Waals surface area (Å²) in [7, 11) is -5.56. The van der Waals surface area contributed by atoms with Crippen molar-refractivity contribution in [3.8, 4) is 11.5 Å². The van der Waals surface area contributed by atoms with Gasteiger partial charge < -0.3 is 14.8 Å². The summed E-state index contributed by atoms with van der Waals surface area (Å²) in [4.78, 5) is 13.0. The molecule has 1 N–H and O–H groups in total. The SMILES string of the molecule is COc1ccc(S(=O)(=O)N2CCC(C(=O)NCCOc3ccc(S(=O)(=O)N4CCCC4)cc3)CC2)cc1. The summed E-state index contributed by atoms with van der Waals surface area (Å²) in [6.07, 6.45) is 2.65. The van der Waals surface area contributed by atoms with Gasteiger partial charge >= 0.3 is 0 Å². The Bertz CT molecular complexity index is 1270. The number of carbonyl (C=O) groups excluding carboxylic acids is 1. The average molecular weight is 552 g/mol. The molecular weight excluding hydrogens is 518 g/mol. The first-order valence-electron chi connectivity index (χ1n) is 12.4. The van der Waals surface area contributed by atoms with Crippen molar-refractivity contribution in [2.45, 2.75) is 35.5 Å². The highest BCUT2D eigenvalue weighted by Gasteiger charge is 2.32. The van der Waals surface area contributed by atoms with Crippen molar-refractivity contribution in [1.29, 1.82) is 0 Å². The molecule has 2 aliphatic rings. The Hall–Kier alpha value is -2.67. The van der Waals surface area contributed by atoms with E-state index in [4.69, 9.17) is 9.47 Å². The third-order valence-electron chi connectivity index (χ3n) is 6.72. The smallest absolute Gasteiger partial charge is 0.243 e. The number of carbonyl (C=O) groups is 1. The van der Waals surface area contributed by atoms with Gasteiger partial charge in [-0.1, -0.05) is 0 Å². The highest BCUT2D eigenvalue weighted by molar-refractivity contribution is 7.89. The van der Waals surface area contributed by atoms with Crippen LogP contribution in [0.4, 0.5) is 0 Å². The van der Waals surface area contributed by atoms with Gasteiger partial charge in [-0.3, -0.25) is 4.79 Å². The Labute approximate surface area is 218 Å². The maximum atomic E-state index is 12.9. The topological polar surface area (TPSA) is 122 Å². The maximum Gasteiger partial charge on any atom is 0.243 e. The third-order valence-corrected chi connectivity index (χ3v) is 10.5. The van der Waals surface area contributed by atoms with Gasteiger partial charge in [0.05, 0.1) is 23.4 Å². The number of amides is 1. The van der Waals surface area contributed by atoms with Gasteiger partial charge in [-0.05, 0) is 74.2 Å². The number of hydrogen-bond donors (Lipinski definition) is 1. The van der Waals surface area contributed by atoms with Gasteiger partial charge in [0.1, 0.15) is 18.1 Å². The van der Waals surface area contributed by atoms with Crippen LogP contribution in [0.2, 0.25) is 0 Å². The summed E-state index contributed by atoms with van der Waals surface area (Å²) in [6, 6.07) is 12.6. The van der Waals surface area contributed by atoms with Crippen LogP contribution in [0.1, 0.15) is 25.7 Å². The van der Waals surface area contributed by atoms with Gasteiger partial charge in [0, 0.05) is 32.1 Å². The van der Waals surface area contributed by atoms with Gasteiger partial charge in [0.25, 0.3) is 0 Å². The van der Waals surface area contributed by atoms with Crippen molar-refractivity contribution in [1.82, 2.24) is 13.9 Å². The van der Waals surface area contributed by atoms with Gasteiger partial charge in [-0.25, -0.2) is 16.8 Å². The average Bonchev–Trinajstić information content (AvgIpc) is 3.48. The molecule has 4 rings (SSSR count). The molecule has 37 heavy (non-hydrogen) atoms. The molecule has 1 amide bonds. The van der Waals surface area contributed by atoms with Crippen LogP contribution < -0.4 is 14.8 Å². The predicted molar refractivity (Wildman–Crippen MR) is 137 cm³/mol. The standard InChI is InChI=1S/C25H33N3O7S2/c1-34-21-4-8-23(9-5-21)37(32,33)28-17-12-20(13-18-28)25(29)26-14-19-35-22-6-10-24(11-7-22)36(30,31)27-15-2-3-16-27/h4-11,20H,2-3,12-19H2,1H3,(H,26,29). The minimum Gasteiger partial charge on any atom is -0.497 e. The molecule has 202 valence electrons. The van der Waals surface area contributed by atoms with Crippen LogP contribution in [0.5, 0.6) is 11.5 Å². The van der Waals surface area contributed by atoms with E-state index in [2.05, 4.69) is 5.32 Å². The largest absolute Gasteiger partial charge is 0.497 e. The second-order valence-electron chi connectivity index (χ2n) is 9.08. The zero-order valence-electron chi connectivity index (χ0n) is 20.8. The van der Waals surface area contributed by atoms with Crippen molar-refractivity contribution in [2.75, 3.05) is 46.4 Å². The van der Waals surface area contributed by atoms with Crippen LogP contribution in [0.3, 0.4) is 0 Å². The summed E-state index contributed by atoms with van der Waals surface area (Å²) >= 11 is 0. The molecule has 0 unspecified atom stereocenters. The van der Waals surface area contributed by atoms with Crippen molar-refractivity contribution < 1.29 is 31.1 Å². The fraction of sp³-hybridized carbons (Fsp3) is 0.480. The van der Waals surface area contributed by atoms with Crippen LogP contribution in [0.25, 0.3) is 0 Å². The predicted octanol–water partition coefficient (Wildman–Crippen LogP) is 2.08. The number of methoxy groups -OCH3 is 1. The molecule has 2 aromatic rings. The molecule has 0 radical (unpaired) electrons. The minimum atomic E-state index is -3.62. The Morgan fingerprint density at radius 2 is 1.30 bits per heavy atom. The van der Waals surface area contributed by atoms with Gasteiger partial charge in [-0.2, -0.15) is 8.61 Å². The Morgan fingerprint density at radius 1 is 0.811 bits per heavy atom. The lowest BCUT2D eigenvalue weighted by Gasteiger charge is -2.30. The number of nitrogens with zero attached hydrogens (tertiary/aromatic N) is 2. The molecule has 0 spiro atoms. The van der Waals surface area contributed by atoms with E-state index < -0.39 is 20.0 Å². The molecule has 0 saturated carbocycles. The second kappa shape index (κ2) is 11.8. The Kier molecular flexibility index (Phi) is 8.73. The lowest BCUT2D eigenvalue weighted by Crippen LogP contribution is -2.43. The number of hydrogen-bond acceptors (Lipinski definition) is 7. The molecule has 0 bridgehead atoms. The van der Waals surface area contributed by atoms with Gasteiger partial charge in [-0.15, -0.1) is 0 Å².